The first-order valence-electron chi connectivity index (χ1n) is 11.7. The van der Waals surface area contributed by atoms with E-state index in [0.29, 0.717) is 30.7 Å². The molecule has 0 aliphatic heterocycles. The first-order valence-corrected chi connectivity index (χ1v) is 13.3. The molecule has 2 heterocycles. The molecule has 36 heavy (non-hydrogen) atoms. The first kappa shape index (κ1) is 25.3. The molecule has 10 heteroatoms. The van der Waals surface area contributed by atoms with Crippen LogP contribution in [0.5, 0.6) is 0 Å². The standard InChI is InChI=1S/C26H29N5O4S/c1-18(2)36(34,35)22-9-7-20(8-10-22)14-24(32)27-11-12-31-25-23(15-29-31)26(33)30(17-28-25)16-21-6-4-5-19(3)13-21/h4-10,13,15,17-18H,11-12,14,16H2,1-3H3,(H,27,32). The molecule has 1 amide bonds. The third kappa shape index (κ3) is 5.54. The van der Waals surface area contributed by atoms with Gasteiger partial charge in [-0.2, -0.15) is 5.10 Å². The van der Waals surface area contributed by atoms with Crippen molar-refractivity contribution in [1.29, 1.82) is 0 Å². The fraction of sp³-hybridized carbons (Fsp3) is 0.308. The van der Waals surface area contributed by atoms with Crippen molar-refractivity contribution in [2.45, 2.75) is 50.4 Å². The molecule has 0 fully saturated rings. The second-order valence-electron chi connectivity index (χ2n) is 9.04. The Morgan fingerprint density at radius 2 is 1.83 bits per heavy atom. The Morgan fingerprint density at radius 3 is 2.53 bits per heavy atom. The number of sulfone groups is 1. The molecule has 0 saturated heterocycles. The average Bonchev–Trinajstić information content (AvgIpc) is 3.25. The number of nitrogens with one attached hydrogen (secondary N) is 1. The highest BCUT2D eigenvalue weighted by molar-refractivity contribution is 7.92. The maximum Gasteiger partial charge on any atom is 0.264 e. The lowest BCUT2D eigenvalue weighted by Gasteiger charge is -2.09. The number of carbonyl (C=O) groups is 1. The van der Waals surface area contributed by atoms with Crippen LogP contribution in [-0.4, -0.2) is 45.5 Å². The average molecular weight is 508 g/mol. The van der Waals surface area contributed by atoms with E-state index in [0.717, 1.165) is 16.7 Å². The zero-order valence-corrected chi connectivity index (χ0v) is 21.3. The van der Waals surface area contributed by atoms with Gasteiger partial charge in [0.1, 0.15) is 11.7 Å². The number of carbonyl (C=O) groups excluding carboxylic acids is 1. The topological polar surface area (TPSA) is 116 Å². The monoisotopic (exact) mass is 507 g/mol. The number of fused-ring (bicyclic) bond motifs is 1. The summed E-state index contributed by atoms with van der Waals surface area (Å²) in [6, 6.07) is 14.3. The van der Waals surface area contributed by atoms with Gasteiger partial charge in [-0.25, -0.2) is 18.1 Å². The molecule has 0 aliphatic carbocycles. The van der Waals surface area contributed by atoms with Gasteiger partial charge in [0.25, 0.3) is 5.56 Å². The van der Waals surface area contributed by atoms with Crippen molar-refractivity contribution in [3.05, 3.63) is 88.1 Å². The van der Waals surface area contributed by atoms with Crippen LogP contribution >= 0.6 is 0 Å². The van der Waals surface area contributed by atoms with E-state index in [4.69, 9.17) is 0 Å². The summed E-state index contributed by atoms with van der Waals surface area (Å²) in [5.41, 5.74) is 3.16. The number of amides is 1. The summed E-state index contributed by atoms with van der Waals surface area (Å²) in [5.74, 6) is -0.195. The second kappa shape index (κ2) is 10.4. The highest BCUT2D eigenvalue weighted by Crippen LogP contribution is 2.16. The normalized spacial score (nSPS) is 11.8. The summed E-state index contributed by atoms with van der Waals surface area (Å²) in [7, 11) is -3.34. The summed E-state index contributed by atoms with van der Waals surface area (Å²) in [4.78, 5) is 29.9. The molecule has 9 nitrogen and oxygen atoms in total. The number of nitrogens with zero attached hydrogens (tertiary/aromatic N) is 4. The summed E-state index contributed by atoms with van der Waals surface area (Å²) in [6.45, 7) is 6.37. The zero-order valence-electron chi connectivity index (χ0n) is 20.5. The van der Waals surface area contributed by atoms with Gasteiger partial charge in [-0.05, 0) is 44.0 Å². The highest BCUT2D eigenvalue weighted by atomic mass is 32.2. The molecule has 0 aliphatic rings. The summed E-state index contributed by atoms with van der Waals surface area (Å²) in [5, 5.41) is 7.03. The molecule has 0 unspecified atom stereocenters. The van der Waals surface area contributed by atoms with E-state index in [1.165, 1.54) is 24.7 Å². The number of benzene rings is 2. The van der Waals surface area contributed by atoms with Gasteiger partial charge in [-0.1, -0.05) is 42.0 Å². The molecule has 0 atom stereocenters. The molecule has 0 bridgehead atoms. The third-order valence-electron chi connectivity index (χ3n) is 5.94. The first-order chi connectivity index (χ1) is 17.1. The largest absolute Gasteiger partial charge is 0.354 e. The smallest absolute Gasteiger partial charge is 0.264 e. The molecule has 4 rings (SSSR count). The Hall–Kier alpha value is -3.79. The number of aryl methyl sites for hydroxylation is 1. The molecular weight excluding hydrogens is 478 g/mol. The van der Waals surface area contributed by atoms with Crippen molar-refractivity contribution in [3.8, 4) is 0 Å². The fourth-order valence-electron chi connectivity index (χ4n) is 3.90. The highest BCUT2D eigenvalue weighted by Gasteiger charge is 2.19. The van der Waals surface area contributed by atoms with Crippen LogP contribution in [0.3, 0.4) is 0 Å². The lowest BCUT2D eigenvalue weighted by Crippen LogP contribution is -2.29. The van der Waals surface area contributed by atoms with Gasteiger partial charge in [0.05, 0.1) is 35.9 Å². The number of rotatable bonds is 9. The molecule has 0 saturated carbocycles. The SMILES string of the molecule is Cc1cccc(Cn2cnc3c(cnn3CCNC(=O)Cc3ccc(S(=O)(=O)C(C)C)cc3)c2=O)c1. The lowest BCUT2D eigenvalue weighted by molar-refractivity contribution is -0.120. The minimum atomic E-state index is -3.34. The Labute approximate surface area is 209 Å². The van der Waals surface area contributed by atoms with Gasteiger partial charge in [-0.15, -0.1) is 0 Å². The quantitative estimate of drug-likeness (QED) is 0.372. The molecule has 1 N–H and O–H groups in total. The Balaban J connectivity index is 1.35. The van der Waals surface area contributed by atoms with Crippen molar-refractivity contribution in [2.24, 2.45) is 0 Å². The zero-order chi connectivity index (χ0) is 25.9. The van der Waals surface area contributed by atoms with E-state index in [1.54, 1.807) is 35.2 Å². The second-order valence-corrected chi connectivity index (χ2v) is 11.5. The molecular formula is C26H29N5O4S. The van der Waals surface area contributed by atoms with Crippen LogP contribution in [0.1, 0.15) is 30.5 Å². The summed E-state index contributed by atoms with van der Waals surface area (Å²) >= 11 is 0. The van der Waals surface area contributed by atoms with Crippen LogP contribution in [0.2, 0.25) is 0 Å². The third-order valence-corrected chi connectivity index (χ3v) is 8.11. The van der Waals surface area contributed by atoms with Gasteiger partial charge in [0.15, 0.2) is 15.5 Å². The van der Waals surface area contributed by atoms with E-state index in [2.05, 4.69) is 15.4 Å². The molecule has 0 spiro atoms. The van der Waals surface area contributed by atoms with Crippen molar-refractivity contribution in [2.75, 3.05) is 6.54 Å². The van der Waals surface area contributed by atoms with Crippen LogP contribution in [0.15, 0.2) is 70.7 Å². The van der Waals surface area contributed by atoms with Gasteiger partial charge in [0, 0.05) is 6.54 Å². The van der Waals surface area contributed by atoms with Crippen molar-refractivity contribution < 1.29 is 13.2 Å². The van der Waals surface area contributed by atoms with Crippen molar-refractivity contribution in [1.82, 2.24) is 24.6 Å². The van der Waals surface area contributed by atoms with E-state index in [9.17, 15) is 18.0 Å². The minimum absolute atomic E-state index is 0.129. The Bertz CT molecular complexity index is 1550. The van der Waals surface area contributed by atoms with Crippen molar-refractivity contribution >= 4 is 26.8 Å². The van der Waals surface area contributed by atoms with Gasteiger partial charge < -0.3 is 5.32 Å². The van der Waals surface area contributed by atoms with Crippen molar-refractivity contribution in [3.63, 3.8) is 0 Å². The van der Waals surface area contributed by atoms with E-state index >= 15 is 0 Å². The van der Waals surface area contributed by atoms with Gasteiger partial charge in [-0.3, -0.25) is 14.2 Å². The predicted octanol–water partition coefficient (Wildman–Crippen LogP) is 2.49. The predicted molar refractivity (Wildman–Crippen MR) is 138 cm³/mol. The van der Waals surface area contributed by atoms with E-state index in [1.807, 2.05) is 31.2 Å². The molecule has 0 radical (unpaired) electrons. The van der Waals surface area contributed by atoms with Crippen LogP contribution in [0, 0.1) is 6.92 Å². The lowest BCUT2D eigenvalue weighted by atomic mass is 10.1. The van der Waals surface area contributed by atoms with Gasteiger partial charge >= 0.3 is 0 Å². The van der Waals surface area contributed by atoms with Crippen LogP contribution in [0.4, 0.5) is 0 Å². The number of hydrogen-bond donors (Lipinski definition) is 1. The Kier molecular flexibility index (Phi) is 7.35. The van der Waals surface area contributed by atoms with Crippen LogP contribution in [-0.2, 0) is 34.1 Å². The van der Waals surface area contributed by atoms with E-state index < -0.39 is 15.1 Å². The summed E-state index contributed by atoms with van der Waals surface area (Å²) < 4.78 is 27.6. The molecule has 188 valence electrons. The van der Waals surface area contributed by atoms with Crippen LogP contribution in [0.25, 0.3) is 11.0 Å². The number of hydrogen-bond acceptors (Lipinski definition) is 6. The molecule has 2 aromatic carbocycles. The maximum atomic E-state index is 12.9. The van der Waals surface area contributed by atoms with Crippen LogP contribution < -0.4 is 10.9 Å². The fourth-order valence-corrected chi connectivity index (χ4v) is 4.96. The number of aromatic nitrogens is 4. The summed E-state index contributed by atoms with van der Waals surface area (Å²) in [6.07, 6.45) is 3.16. The maximum absolute atomic E-state index is 12.9. The minimum Gasteiger partial charge on any atom is -0.354 e. The van der Waals surface area contributed by atoms with Gasteiger partial charge in [0.2, 0.25) is 5.91 Å². The van der Waals surface area contributed by atoms with E-state index in [-0.39, 0.29) is 22.8 Å². The molecule has 4 aromatic rings. The molecule has 2 aromatic heterocycles. The Morgan fingerprint density at radius 1 is 1.08 bits per heavy atom.